The number of aryl methyl sites for hydroxylation is 2. The molecule has 1 N–H and O–H groups in total. The maximum absolute atomic E-state index is 12.1. The minimum atomic E-state index is -4.09. The van der Waals surface area contributed by atoms with Gasteiger partial charge in [-0.15, -0.1) is 0 Å². The average Bonchev–Trinajstić information content (AvgIpc) is 2.75. The first kappa shape index (κ1) is 15.8. The van der Waals surface area contributed by atoms with Crippen molar-refractivity contribution in [3.05, 3.63) is 29.2 Å². The van der Waals surface area contributed by atoms with Crippen molar-refractivity contribution >= 4 is 5.65 Å². The van der Waals surface area contributed by atoms with Crippen LogP contribution in [0, 0.1) is 13.8 Å². The van der Waals surface area contributed by atoms with E-state index in [0.717, 1.165) is 22.6 Å². The molecule has 7 heteroatoms. The fraction of sp³-hybridized carbons (Fsp3) is 0.571. The smallest absolute Gasteiger partial charge is 0.310 e. The highest BCUT2D eigenvalue weighted by Gasteiger charge is 2.26. The zero-order chi connectivity index (χ0) is 15.6. The van der Waals surface area contributed by atoms with Gasteiger partial charge in [0.25, 0.3) is 0 Å². The summed E-state index contributed by atoms with van der Waals surface area (Å²) in [7, 11) is 0. The SMILES string of the molecule is Cc1cc2ncc(C(C)NCCCC(F)(F)F)c(C)n2n1. The maximum Gasteiger partial charge on any atom is 0.389 e. The highest BCUT2D eigenvalue weighted by atomic mass is 19.4. The molecule has 0 amide bonds. The van der Waals surface area contributed by atoms with E-state index >= 15 is 0 Å². The van der Waals surface area contributed by atoms with Gasteiger partial charge >= 0.3 is 6.18 Å². The molecule has 2 rings (SSSR count). The van der Waals surface area contributed by atoms with E-state index in [1.54, 1.807) is 10.7 Å². The number of alkyl halides is 3. The maximum atomic E-state index is 12.1. The summed E-state index contributed by atoms with van der Waals surface area (Å²) >= 11 is 0. The van der Waals surface area contributed by atoms with Crippen molar-refractivity contribution < 1.29 is 13.2 Å². The van der Waals surface area contributed by atoms with E-state index in [0.29, 0.717) is 6.54 Å². The van der Waals surface area contributed by atoms with E-state index < -0.39 is 12.6 Å². The van der Waals surface area contributed by atoms with Gasteiger partial charge in [0.1, 0.15) is 0 Å². The van der Waals surface area contributed by atoms with Crippen molar-refractivity contribution in [2.75, 3.05) is 6.54 Å². The Bertz CT molecular complexity index is 618. The van der Waals surface area contributed by atoms with Crippen molar-refractivity contribution in [2.45, 2.75) is 45.8 Å². The number of halogens is 3. The third-order valence-corrected chi connectivity index (χ3v) is 3.44. The van der Waals surface area contributed by atoms with Crippen molar-refractivity contribution in [2.24, 2.45) is 0 Å². The van der Waals surface area contributed by atoms with Crippen molar-refractivity contribution in [1.82, 2.24) is 19.9 Å². The molecule has 116 valence electrons. The van der Waals surface area contributed by atoms with E-state index in [-0.39, 0.29) is 12.5 Å². The number of hydrogen-bond acceptors (Lipinski definition) is 3. The number of rotatable bonds is 5. The van der Waals surface area contributed by atoms with Gasteiger partial charge in [0.2, 0.25) is 0 Å². The third-order valence-electron chi connectivity index (χ3n) is 3.44. The summed E-state index contributed by atoms with van der Waals surface area (Å²) in [6.07, 6.45) is -3.02. The average molecular weight is 300 g/mol. The van der Waals surface area contributed by atoms with Crippen LogP contribution >= 0.6 is 0 Å². The van der Waals surface area contributed by atoms with Crippen LogP contribution in [-0.4, -0.2) is 27.3 Å². The molecule has 2 aromatic rings. The van der Waals surface area contributed by atoms with Crippen molar-refractivity contribution in [3.8, 4) is 0 Å². The van der Waals surface area contributed by atoms with Gasteiger partial charge in [-0.25, -0.2) is 9.50 Å². The van der Waals surface area contributed by atoms with E-state index in [1.165, 1.54) is 0 Å². The largest absolute Gasteiger partial charge is 0.389 e. The Morgan fingerprint density at radius 2 is 2.05 bits per heavy atom. The number of hydrogen-bond donors (Lipinski definition) is 1. The molecule has 0 aromatic carbocycles. The highest BCUT2D eigenvalue weighted by molar-refractivity contribution is 5.42. The van der Waals surface area contributed by atoms with Crippen LogP contribution in [0.3, 0.4) is 0 Å². The fourth-order valence-corrected chi connectivity index (χ4v) is 2.32. The molecule has 0 aliphatic rings. The molecule has 0 saturated heterocycles. The Hall–Kier alpha value is -1.63. The van der Waals surface area contributed by atoms with Gasteiger partial charge in [-0.05, 0) is 33.7 Å². The zero-order valence-electron chi connectivity index (χ0n) is 12.3. The molecular weight excluding hydrogens is 281 g/mol. The molecule has 0 fully saturated rings. The monoisotopic (exact) mass is 300 g/mol. The van der Waals surface area contributed by atoms with Crippen LogP contribution in [0.2, 0.25) is 0 Å². The first-order chi connectivity index (χ1) is 9.78. The van der Waals surface area contributed by atoms with Gasteiger partial charge in [0.05, 0.1) is 5.69 Å². The summed E-state index contributed by atoms with van der Waals surface area (Å²) in [5, 5.41) is 7.46. The molecule has 0 radical (unpaired) electrons. The molecule has 2 aromatic heterocycles. The third kappa shape index (κ3) is 3.93. The van der Waals surface area contributed by atoms with Gasteiger partial charge in [-0.2, -0.15) is 18.3 Å². The number of aromatic nitrogens is 3. The minimum Gasteiger partial charge on any atom is -0.310 e. The molecule has 0 aliphatic heterocycles. The molecule has 1 atom stereocenters. The van der Waals surface area contributed by atoms with Crippen molar-refractivity contribution in [3.63, 3.8) is 0 Å². The second kappa shape index (κ2) is 6.01. The van der Waals surface area contributed by atoms with Crippen LogP contribution in [-0.2, 0) is 0 Å². The van der Waals surface area contributed by atoms with Gasteiger partial charge in [0.15, 0.2) is 5.65 Å². The fourth-order valence-electron chi connectivity index (χ4n) is 2.32. The summed E-state index contributed by atoms with van der Waals surface area (Å²) in [6, 6.07) is 1.82. The lowest BCUT2D eigenvalue weighted by molar-refractivity contribution is -0.135. The lowest BCUT2D eigenvalue weighted by atomic mass is 10.1. The number of nitrogens with zero attached hydrogens (tertiary/aromatic N) is 3. The normalized spacial score (nSPS) is 13.8. The summed E-state index contributed by atoms with van der Waals surface area (Å²) in [5.41, 5.74) is 3.55. The Morgan fingerprint density at radius 1 is 1.33 bits per heavy atom. The number of fused-ring (bicyclic) bond motifs is 1. The van der Waals surface area contributed by atoms with Crippen LogP contribution in [0.4, 0.5) is 13.2 Å². The van der Waals surface area contributed by atoms with E-state index in [1.807, 2.05) is 26.8 Å². The predicted octanol–water partition coefficient (Wildman–Crippen LogP) is 3.34. The van der Waals surface area contributed by atoms with E-state index in [9.17, 15) is 13.2 Å². The Labute approximate surface area is 121 Å². The summed E-state index contributed by atoms with van der Waals surface area (Å²) in [5.74, 6) is 0. The van der Waals surface area contributed by atoms with Crippen LogP contribution < -0.4 is 5.32 Å². The first-order valence-corrected chi connectivity index (χ1v) is 6.90. The molecule has 21 heavy (non-hydrogen) atoms. The molecule has 4 nitrogen and oxygen atoms in total. The first-order valence-electron chi connectivity index (χ1n) is 6.90. The van der Waals surface area contributed by atoms with Crippen LogP contribution in [0.25, 0.3) is 5.65 Å². The highest BCUT2D eigenvalue weighted by Crippen LogP contribution is 2.22. The van der Waals surface area contributed by atoms with Crippen LogP contribution in [0.15, 0.2) is 12.3 Å². The van der Waals surface area contributed by atoms with Gasteiger partial charge in [-0.1, -0.05) is 0 Å². The topological polar surface area (TPSA) is 42.2 Å². The molecule has 0 saturated carbocycles. The van der Waals surface area contributed by atoms with Gasteiger partial charge < -0.3 is 5.32 Å². The van der Waals surface area contributed by atoms with Crippen LogP contribution in [0.5, 0.6) is 0 Å². The molecule has 0 spiro atoms. The summed E-state index contributed by atoms with van der Waals surface area (Å²) < 4.78 is 38.0. The number of nitrogens with one attached hydrogen (secondary N) is 1. The Morgan fingerprint density at radius 3 is 2.71 bits per heavy atom. The lowest BCUT2D eigenvalue weighted by Crippen LogP contribution is -2.23. The Kier molecular flexibility index (Phi) is 4.51. The Balaban J connectivity index is 2.02. The van der Waals surface area contributed by atoms with E-state index in [4.69, 9.17) is 0 Å². The molecule has 0 aliphatic carbocycles. The minimum absolute atomic E-state index is 0.0698. The predicted molar refractivity (Wildman–Crippen MR) is 74.2 cm³/mol. The quantitative estimate of drug-likeness (QED) is 0.861. The second-order valence-corrected chi connectivity index (χ2v) is 5.25. The van der Waals surface area contributed by atoms with E-state index in [2.05, 4.69) is 15.4 Å². The second-order valence-electron chi connectivity index (χ2n) is 5.25. The summed E-state index contributed by atoms with van der Waals surface area (Å²) in [6.45, 7) is 6.06. The van der Waals surface area contributed by atoms with Gasteiger partial charge in [-0.3, -0.25) is 0 Å². The summed E-state index contributed by atoms with van der Waals surface area (Å²) in [4.78, 5) is 4.33. The molecular formula is C14H19F3N4. The van der Waals surface area contributed by atoms with Crippen LogP contribution in [0.1, 0.15) is 42.8 Å². The van der Waals surface area contributed by atoms with Crippen molar-refractivity contribution in [1.29, 1.82) is 0 Å². The molecule has 0 bridgehead atoms. The standard InChI is InChI=1S/C14H19F3N4/c1-9-7-13-19-8-12(11(3)21(13)20-9)10(2)18-6-4-5-14(15,16)17/h7-8,10,18H,4-6H2,1-3H3. The zero-order valence-corrected chi connectivity index (χ0v) is 12.3. The molecule has 1 unspecified atom stereocenters. The molecule has 2 heterocycles. The lowest BCUT2D eigenvalue weighted by Gasteiger charge is -2.17. The van der Waals surface area contributed by atoms with Gasteiger partial charge in [0, 0.05) is 36.0 Å².